The highest BCUT2D eigenvalue weighted by Crippen LogP contribution is 2.23. The van der Waals surface area contributed by atoms with Crippen LogP contribution in [0.5, 0.6) is 0 Å². The lowest BCUT2D eigenvalue weighted by molar-refractivity contribution is 0.691. The number of nitrogens with one attached hydrogen (secondary N) is 1. The number of hydrogen-bond acceptors (Lipinski definition) is 3. The molecule has 0 bridgehead atoms. The highest BCUT2D eigenvalue weighted by Gasteiger charge is 2.21. The summed E-state index contributed by atoms with van der Waals surface area (Å²) in [6, 6.07) is 11.3. The molecule has 3 heteroatoms. The van der Waals surface area contributed by atoms with Crippen LogP contribution in [0.3, 0.4) is 0 Å². The second kappa shape index (κ2) is 5.21. The number of benzene rings is 1. The lowest BCUT2D eigenvalue weighted by Crippen LogP contribution is -2.14. The number of aryl methyl sites for hydroxylation is 1. The Morgan fingerprint density at radius 1 is 1.28 bits per heavy atom. The molecule has 1 saturated carbocycles. The van der Waals surface area contributed by atoms with Crippen LogP contribution < -0.4 is 5.32 Å². The topological polar surface area (TPSA) is 24.9 Å². The van der Waals surface area contributed by atoms with E-state index in [9.17, 15) is 0 Å². The quantitative estimate of drug-likeness (QED) is 0.890. The Morgan fingerprint density at radius 2 is 2.06 bits per heavy atom. The minimum absolute atomic E-state index is 0.768. The highest BCUT2D eigenvalue weighted by molar-refractivity contribution is 7.11. The average molecular weight is 258 g/mol. The van der Waals surface area contributed by atoms with Crippen molar-refractivity contribution in [3.8, 4) is 0 Å². The van der Waals surface area contributed by atoms with Crippen molar-refractivity contribution in [1.82, 2.24) is 10.3 Å². The summed E-state index contributed by atoms with van der Waals surface area (Å²) in [4.78, 5) is 6.08. The monoisotopic (exact) mass is 258 g/mol. The third-order valence-corrected chi connectivity index (χ3v) is 4.42. The lowest BCUT2D eigenvalue weighted by atomic mass is 10.2. The maximum atomic E-state index is 4.68. The van der Waals surface area contributed by atoms with Crippen LogP contribution >= 0.6 is 11.3 Å². The molecule has 1 fully saturated rings. The maximum absolute atomic E-state index is 4.68. The summed E-state index contributed by atoms with van der Waals surface area (Å²) in [6.07, 6.45) is 3.64. The molecule has 1 aromatic heterocycles. The standard InChI is InChI=1S/C15H18N2S/c1-11-14(10-16-13-7-8-13)18-15(17-11)9-12-5-3-2-4-6-12/h2-6,13,16H,7-10H2,1H3. The van der Waals surface area contributed by atoms with E-state index in [2.05, 4.69) is 47.6 Å². The first-order valence-corrected chi connectivity index (χ1v) is 7.35. The molecule has 2 nitrogen and oxygen atoms in total. The smallest absolute Gasteiger partial charge is 0.0975 e. The van der Waals surface area contributed by atoms with Gasteiger partial charge in [-0.1, -0.05) is 30.3 Å². The fraction of sp³-hybridized carbons (Fsp3) is 0.400. The van der Waals surface area contributed by atoms with E-state index >= 15 is 0 Å². The van der Waals surface area contributed by atoms with Gasteiger partial charge in [-0.05, 0) is 25.3 Å². The van der Waals surface area contributed by atoms with Gasteiger partial charge in [0, 0.05) is 23.9 Å². The number of aromatic nitrogens is 1. The molecule has 0 unspecified atom stereocenters. The molecule has 0 atom stereocenters. The van der Waals surface area contributed by atoms with Crippen LogP contribution in [0.2, 0.25) is 0 Å². The van der Waals surface area contributed by atoms with Gasteiger partial charge in [0.05, 0.1) is 10.7 Å². The van der Waals surface area contributed by atoms with Crippen molar-refractivity contribution >= 4 is 11.3 Å². The summed E-state index contributed by atoms with van der Waals surface area (Å²) in [7, 11) is 0. The second-order valence-electron chi connectivity index (χ2n) is 4.93. The van der Waals surface area contributed by atoms with Crippen molar-refractivity contribution in [3.05, 3.63) is 51.5 Å². The van der Waals surface area contributed by atoms with E-state index in [-0.39, 0.29) is 0 Å². The van der Waals surface area contributed by atoms with E-state index in [4.69, 9.17) is 0 Å². The van der Waals surface area contributed by atoms with Crippen LogP contribution in [0.4, 0.5) is 0 Å². The fourth-order valence-electron chi connectivity index (χ4n) is 2.02. The van der Waals surface area contributed by atoms with Crippen LogP contribution in [0.1, 0.15) is 34.0 Å². The molecule has 1 aliphatic rings. The zero-order valence-corrected chi connectivity index (χ0v) is 11.5. The number of nitrogens with zero attached hydrogens (tertiary/aromatic N) is 1. The lowest BCUT2D eigenvalue weighted by Gasteiger charge is -1.99. The summed E-state index contributed by atoms with van der Waals surface area (Å²) in [5.41, 5.74) is 2.53. The van der Waals surface area contributed by atoms with Gasteiger partial charge in [0.1, 0.15) is 0 Å². The predicted molar refractivity (Wildman–Crippen MR) is 76.0 cm³/mol. The minimum Gasteiger partial charge on any atom is -0.309 e. The molecule has 1 aromatic carbocycles. The maximum Gasteiger partial charge on any atom is 0.0975 e. The molecule has 0 amide bonds. The van der Waals surface area contributed by atoms with Gasteiger partial charge in [0.15, 0.2) is 0 Å². The Kier molecular flexibility index (Phi) is 3.43. The first kappa shape index (κ1) is 11.9. The first-order chi connectivity index (χ1) is 8.81. The molecule has 0 spiro atoms. The van der Waals surface area contributed by atoms with Gasteiger partial charge >= 0.3 is 0 Å². The SMILES string of the molecule is Cc1nc(Cc2ccccc2)sc1CNC1CC1. The molecule has 1 N–H and O–H groups in total. The third-order valence-electron chi connectivity index (χ3n) is 3.26. The summed E-state index contributed by atoms with van der Waals surface area (Å²) in [5, 5.41) is 4.79. The molecule has 0 saturated heterocycles. The van der Waals surface area contributed by atoms with E-state index < -0.39 is 0 Å². The minimum atomic E-state index is 0.768. The average Bonchev–Trinajstić information content (AvgIpc) is 3.14. The van der Waals surface area contributed by atoms with Gasteiger partial charge in [-0.25, -0.2) is 4.98 Å². The van der Waals surface area contributed by atoms with E-state index in [1.165, 1.54) is 34.0 Å². The molecule has 1 heterocycles. The van der Waals surface area contributed by atoms with Crippen molar-refractivity contribution in [3.63, 3.8) is 0 Å². The van der Waals surface area contributed by atoms with Crippen LogP contribution in [-0.2, 0) is 13.0 Å². The van der Waals surface area contributed by atoms with E-state index in [1.54, 1.807) is 0 Å². The summed E-state index contributed by atoms with van der Waals surface area (Å²) < 4.78 is 0. The largest absolute Gasteiger partial charge is 0.309 e. The number of rotatable bonds is 5. The van der Waals surface area contributed by atoms with Crippen LogP contribution in [0, 0.1) is 6.92 Å². The van der Waals surface area contributed by atoms with Crippen molar-refractivity contribution in [2.24, 2.45) is 0 Å². The Bertz CT molecular complexity index is 515. The second-order valence-corrected chi connectivity index (χ2v) is 6.10. The van der Waals surface area contributed by atoms with Crippen molar-refractivity contribution < 1.29 is 0 Å². The van der Waals surface area contributed by atoms with Crippen LogP contribution in [-0.4, -0.2) is 11.0 Å². The van der Waals surface area contributed by atoms with Gasteiger partial charge in [-0.15, -0.1) is 11.3 Å². The molecule has 94 valence electrons. The Hall–Kier alpha value is -1.19. The van der Waals surface area contributed by atoms with Crippen molar-refractivity contribution in [1.29, 1.82) is 0 Å². The Morgan fingerprint density at radius 3 is 2.78 bits per heavy atom. The summed E-state index contributed by atoms with van der Waals surface area (Å²) in [6.45, 7) is 3.11. The molecule has 18 heavy (non-hydrogen) atoms. The number of hydrogen-bond donors (Lipinski definition) is 1. The van der Waals surface area contributed by atoms with Gasteiger partial charge in [-0.2, -0.15) is 0 Å². The zero-order valence-electron chi connectivity index (χ0n) is 10.6. The highest BCUT2D eigenvalue weighted by atomic mass is 32.1. The van der Waals surface area contributed by atoms with Crippen LogP contribution in [0.15, 0.2) is 30.3 Å². The number of thiazole rings is 1. The Balaban J connectivity index is 1.67. The third kappa shape index (κ3) is 2.98. The normalized spacial score (nSPS) is 14.9. The van der Waals surface area contributed by atoms with E-state index in [1.807, 2.05) is 11.3 Å². The van der Waals surface area contributed by atoms with Gasteiger partial charge in [-0.3, -0.25) is 0 Å². The van der Waals surface area contributed by atoms with Crippen LogP contribution in [0.25, 0.3) is 0 Å². The first-order valence-electron chi connectivity index (χ1n) is 6.54. The van der Waals surface area contributed by atoms with E-state index in [0.29, 0.717) is 0 Å². The zero-order chi connectivity index (χ0) is 12.4. The summed E-state index contributed by atoms with van der Waals surface area (Å²) >= 11 is 1.85. The molecule has 3 rings (SSSR count). The molecule has 0 radical (unpaired) electrons. The predicted octanol–water partition coefficient (Wildman–Crippen LogP) is 3.29. The molecule has 0 aliphatic heterocycles. The molecular formula is C15H18N2S. The van der Waals surface area contributed by atoms with Gasteiger partial charge in [0.25, 0.3) is 0 Å². The van der Waals surface area contributed by atoms with E-state index in [0.717, 1.165) is 19.0 Å². The molecule has 1 aliphatic carbocycles. The van der Waals surface area contributed by atoms with Crippen molar-refractivity contribution in [2.45, 2.75) is 38.8 Å². The molecule has 2 aromatic rings. The molecular weight excluding hydrogens is 240 g/mol. The summed E-state index contributed by atoms with van der Waals surface area (Å²) in [5.74, 6) is 0. The van der Waals surface area contributed by atoms with Gasteiger partial charge < -0.3 is 5.32 Å². The fourth-order valence-corrected chi connectivity index (χ4v) is 3.08. The Labute approximate surface area is 112 Å². The van der Waals surface area contributed by atoms with Gasteiger partial charge in [0.2, 0.25) is 0 Å². The van der Waals surface area contributed by atoms with Crippen molar-refractivity contribution in [2.75, 3.05) is 0 Å².